The van der Waals surface area contributed by atoms with E-state index in [1.807, 2.05) is 37.1 Å². The highest BCUT2D eigenvalue weighted by Gasteiger charge is 2.30. The van der Waals surface area contributed by atoms with Crippen LogP contribution in [0.2, 0.25) is 0 Å². The third-order valence-corrected chi connectivity index (χ3v) is 6.50. The molecule has 1 saturated heterocycles. The Hall–Kier alpha value is -2.79. The Labute approximate surface area is 163 Å². The molecule has 0 aliphatic carbocycles. The highest BCUT2D eigenvalue weighted by Crippen LogP contribution is 2.20. The fraction of sp³-hybridized carbons (Fsp3) is 0.412. The number of nitrogens with zero attached hydrogens (tertiary/aromatic N) is 8. The highest BCUT2D eigenvalue weighted by atomic mass is 32.2. The SMILES string of the molecule is CC(C)n1cnc(S(=O)(=O)N2CCN(c3cc(-n4cccn4)ncn3)CC2)c1. The summed E-state index contributed by atoms with van der Waals surface area (Å²) < 4.78 is 30.7. The van der Waals surface area contributed by atoms with Crippen molar-refractivity contribution in [2.75, 3.05) is 31.1 Å². The lowest BCUT2D eigenvalue weighted by Crippen LogP contribution is -2.49. The number of hydrogen-bond donors (Lipinski definition) is 0. The van der Waals surface area contributed by atoms with Gasteiger partial charge in [0.05, 0.1) is 6.33 Å². The van der Waals surface area contributed by atoms with Crippen LogP contribution in [-0.4, -0.2) is 68.2 Å². The van der Waals surface area contributed by atoms with Crippen LogP contribution in [0.5, 0.6) is 0 Å². The van der Waals surface area contributed by atoms with Gasteiger partial charge in [0.2, 0.25) is 0 Å². The van der Waals surface area contributed by atoms with Gasteiger partial charge >= 0.3 is 0 Å². The van der Waals surface area contributed by atoms with E-state index in [-0.39, 0.29) is 11.1 Å². The first-order valence-electron chi connectivity index (χ1n) is 9.06. The monoisotopic (exact) mass is 402 g/mol. The zero-order chi connectivity index (χ0) is 19.7. The minimum atomic E-state index is -3.60. The van der Waals surface area contributed by atoms with Crippen LogP contribution in [0.3, 0.4) is 0 Å². The standard InChI is InChI=1S/C17H22N8O2S/c1-14(2)23-11-17(20-13-23)28(26,27)24-8-6-22(7-9-24)15-10-16(19-12-18-15)25-5-3-4-21-25/h3-5,10-14H,6-9H2,1-2H3. The molecule has 0 unspecified atom stereocenters. The second-order valence-corrected chi connectivity index (χ2v) is 8.71. The van der Waals surface area contributed by atoms with Gasteiger partial charge in [-0.3, -0.25) is 0 Å². The fourth-order valence-corrected chi connectivity index (χ4v) is 4.41. The summed E-state index contributed by atoms with van der Waals surface area (Å²) in [6.45, 7) is 5.79. The van der Waals surface area contributed by atoms with Crippen molar-refractivity contribution in [2.24, 2.45) is 0 Å². The van der Waals surface area contributed by atoms with E-state index in [1.165, 1.54) is 10.6 Å². The van der Waals surface area contributed by atoms with Gasteiger partial charge in [-0.1, -0.05) is 0 Å². The predicted molar refractivity (Wildman–Crippen MR) is 103 cm³/mol. The maximum absolute atomic E-state index is 12.9. The molecule has 3 aromatic heterocycles. The van der Waals surface area contributed by atoms with Crippen molar-refractivity contribution >= 4 is 15.8 Å². The number of hydrogen-bond acceptors (Lipinski definition) is 7. The molecular formula is C17H22N8O2S. The second-order valence-electron chi connectivity index (χ2n) is 6.83. The molecule has 0 saturated carbocycles. The molecule has 0 amide bonds. The van der Waals surface area contributed by atoms with Crippen LogP contribution in [0.4, 0.5) is 5.82 Å². The Kier molecular flexibility index (Phi) is 4.85. The first-order chi connectivity index (χ1) is 13.4. The molecule has 1 fully saturated rings. The topological polar surface area (TPSA) is 102 Å². The van der Waals surface area contributed by atoms with E-state index >= 15 is 0 Å². The average Bonchev–Trinajstić information content (AvgIpc) is 3.40. The molecule has 0 spiro atoms. The van der Waals surface area contributed by atoms with Crippen molar-refractivity contribution in [2.45, 2.75) is 24.9 Å². The van der Waals surface area contributed by atoms with Crippen LogP contribution < -0.4 is 4.90 Å². The molecule has 11 heteroatoms. The number of rotatable bonds is 5. The molecule has 0 radical (unpaired) electrons. The summed E-state index contributed by atoms with van der Waals surface area (Å²) in [5.41, 5.74) is 0. The van der Waals surface area contributed by atoms with E-state index in [0.717, 1.165) is 5.82 Å². The fourth-order valence-electron chi connectivity index (χ4n) is 3.06. The third-order valence-electron chi connectivity index (χ3n) is 4.72. The zero-order valence-corrected chi connectivity index (χ0v) is 16.6. The maximum Gasteiger partial charge on any atom is 0.262 e. The number of sulfonamides is 1. The summed E-state index contributed by atoms with van der Waals surface area (Å²) in [7, 11) is -3.60. The quantitative estimate of drug-likeness (QED) is 0.626. The molecule has 4 rings (SSSR count). The van der Waals surface area contributed by atoms with Gasteiger partial charge in [0.25, 0.3) is 10.0 Å². The van der Waals surface area contributed by atoms with Crippen LogP contribution in [0.25, 0.3) is 5.82 Å². The Bertz CT molecular complexity index is 1040. The van der Waals surface area contributed by atoms with Gasteiger partial charge in [-0.25, -0.2) is 28.1 Å². The van der Waals surface area contributed by atoms with Gasteiger partial charge in [-0.2, -0.15) is 9.40 Å². The van der Waals surface area contributed by atoms with Crippen LogP contribution in [0.15, 0.2) is 48.4 Å². The number of piperazine rings is 1. The Morgan fingerprint density at radius 2 is 1.79 bits per heavy atom. The van der Waals surface area contributed by atoms with Gasteiger partial charge in [-0.05, 0) is 19.9 Å². The Morgan fingerprint density at radius 1 is 1.04 bits per heavy atom. The number of anilines is 1. The van der Waals surface area contributed by atoms with Crippen molar-refractivity contribution in [3.63, 3.8) is 0 Å². The van der Waals surface area contributed by atoms with Crippen molar-refractivity contribution in [3.05, 3.63) is 43.4 Å². The molecule has 3 aromatic rings. The van der Waals surface area contributed by atoms with E-state index in [2.05, 4.69) is 20.1 Å². The van der Waals surface area contributed by atoms with Crippen molar-refractivity contribution in [3.8, 4) is 5.82 Å². The third kappa shape index (κ3) is 3.50. The predicted octanol–water partition coefficient (Wildman–Crippen LogP) is 0.951. The van der Waals surface area contributed by atoms with E-state index in [1.54, 1.807) is 28.0 Å². The van der Waals surface area contributed by atoms with Gasteiger partial charge in [0.15, 0.2) is 10.8 Å². The van der Waals surface area contributed by atoms with E-state index in [4.69, 9.17) is 0 Å². The largest absolute Gasteiger partial charge is 0.354 e. The van der Waals surface area contributed by atoms with Gasteiger partial charge in [0, 0.05) is 56.9 Å². The van der Waals surface area contributed by atoms with Crippen molar-refractivity contribution in [1.82, 2.24) is 33.6 Å². The molecule has 0 atom stereocenters. The zero-order valence-electron chi connectivity index (χ0n) is 15.7. The summed E-state index contributed by atoms with van der Waals surface area (Å²) >= 11 is 0. The average molecular weight is 402 g/mol. The number of aromatic nitrogens is 6. The lowest BCUT2D eigenvalue weighted by atomic mass is 10.3. The lowest BCUT2D eigenvalue weighted by Gasteiger charge is -2.34. The van der Waals surface area contributed by atoms with Crippen LogP contribution in [0, 0.1) is 0 Å². The molecule has 148 valence electrons. The minimum Gasteiger partial charge on any atom is -0.354 e. The van der Waals surface area contributed by atoms with Gasteiger partial charge < -0.3 is 9.47 Å². The maximum atomic E-state index is 12.9. The first-order valence-corrected chi connectivity index (χ1v) is 10.5. The molecule has 1 aliphatic heterocycles. The molecule has 0 N–H and O–H groups in total. The summed E-state index contributed by atoms with van der Waals surface area (Å²) in [5, 5.41) is 4.27. The normalized spacial score (nSPS) is 16.0. The molecular weight excluding hydrogens is 380 g/mol. The molecule has 0 aromatic carbocycles. The minimum absolute atomic E-state index is 0.0951. The molecule has 28 heavy (non-hydrogen) atoms. The van der Waals surface area contributed by atoms with E-state index in [9.17, 15) is 8.42 Å². The van der Waals surface area contributed by atoms with Crippen LogP contribution >= 0.6 is 0 Å². The Balaban J connectivity index is 1.46. The van der Waals surface area contributed by atoms with Crippen molar-refractivity contribution in [1.29, 1.82) is 0 Å². The summed E-state index contributed by atoms with van der Waals surface area (Å²) in [5.74, 6) is 1.42. The van der Waals surface area contributed by atoms with Gasteiger partial charge in [-0.15, -0.1) is 0 Å². The second kappa shape index (κ2) is 7.32. The summed E-state index contributed by atoms with van der Waals surface area (Å²) in [4.78, 5) is 14.7. The smallest absolute Gasteiger partial charge is 0.262 e. The molecule has 4 heterocycles. The van der Waals surface area contributed by atoms with Crippen molar-refractivity contribution < 1.29 is 8.42 Å². The molecule has 0 bridgehead atoms. The van der Waals surface area contributed by atoms with Crippen LogP contribution in [0.1, 0.15) is 19.9 Å². The summed E-state index contributed by atoms with van der Waals surface area (Å²) in [6, 6.07) is 3.84. The van der Waals surface area contributed by atoms with E-state index < -0.39 is 10.0 Å². The first kappa shape index (κ1) is 18.6. The Morgan fingerprint density at radius 3 is 2.43 bits per heavy atom. The lowest BCUT2D eigenvalue weighted by molar-refractivity contribution is 0.382. The number of imidazole rings is 1. The molecule has 10 nitrogen and oxygen atoms in total. The van der Waals surface area contributed by atoms with Gasteiger partial charge in [0.1, 0.15) is 12.1 Å². The van der Waals surface area contributed by atoms with Crippen LogP contribution in [-0.2, 0) is 10.0 Å². The summed E-state index contributed by atoms with van der Waals surface area (Å²) in [6.07, 6.45) is 8.14. The molecule has 1 aliphatic rings. The highest BCUT2D eigenvalue weighted by molar-refractivity contribution is 7.89. The van der Waals surface area contributed by atoms with E-state index in [0.29, 0.717) is 32.0 Å².